The van der Waals surface area contributed by atoms with Gasteiger partial charge in [-0.2, -0.15) is 5.10 Å². The highest BCUT2D eigenvalue weighted by Crippen LogP contribution is 2.17. The minimum Gasteiger partial charge on any atom is -0.476 e. The first kappa shape index (κ1) is 16.2. The van der Waals surface area contributed by atoms with Gasteiger partial charge in [0.05, 0.1) is 5.39 Å². The molecule has 7 heteroatoms. The molecule has 1 aliphatic rings. The Balaban J connectivity index is 2.00. The number of rotatable bonds is 3. The van der Waals surface area contributed by atoms with Gasteiger partial charge in [0, 0.05) is 18.0 Å². The van der Waals surface area contributed by atoms with Crippen LogP contribution in [0.4, 0.5) is 0 Å². The van der Waals surface area contributed by atoms with Gasteiger partial charge >= 0.3 is 5.97 Å². The molecule has 0 spiro atoms. The molecule has 0 saturated carbocycles. The second-order valence-corrected chi connectivity index (χ2v) is 6.09. The summed E-state index contributed by atoms with van der Waals surface area (Å²) in [5.74, 6) is -1.43. The lowest BCUT2D eigenvalue weighted by Crippen LogP contribution is -2.45. The fourth-order valence-electron chi connectivity index (χ4n) is 3.19. The first-order chi connectivity index (χ1) is 11.5. The van der Waals surface area contributed by atoms with E-state index in [0.717, 1.165) is 23.9 Å². The van der Waals surface area contributed by atoms with Crippen LogP contribution in [-0.4, -0.2) is 44.3 Å². The summed E-state index contributed by atoms with van der Waals surface area (Å²) in [6.45, 7) is 2.40. The van der Waals surface area contributed by atoms with Crippen molar-refractivity contribution in [3.05, 3.63) is 40.3 Å². The molecule has 1 atom stereocenters. The number of likely N-dealkylation sites (tertiary alicyclic amines) is 1. The summed E-state index contributed by atoms with van der Waals surface area (Å²) < 4.78 is 0.968. The molecule has 0 bridgehead atoms. The Morgan fingerprint density at radius 3 is 2.62 bits per heavy atom. The molecule has 1 aromatic heterocycles. The van der Waals surface area contributed by atoms with Crippen LogP contribution < -0.4 is 5.56 Å². The summed E-state index contributed by atoms with van der Waals surface area (Å²) in [6, 6.07) is 6.54. The van der Waals surface area contributed by atoms with E-state index in [1.54, 1.807) is 29.2 Å². The molecule has 24 heavy (non-hydrogen) atoms. The maximum atomic E-state index is 12.5. The van der Waals surface area contributed by atoms with Crippen molar-refractivity contribution in [2.45, 2.75) is 38.8 Å². The molecule has 2 heterocycles. The number of fused-ring (bicyclic) bond motifs is 1. The van der Waals surface area contributed by atoms with Gasteiger partial charge in [0.1, 0.15) is 6.54 Å². The number of nitrogens with zero attached hydrogens (tertiary/aromatic N) is 3. The maximum Gasteiger partial charge on any atom is 0.357 e. The third kappa shape index (κ3) is 2.89. The fraction of sp³-hybridized carbons (Fsp3) is 0.412. The predicted molar refractivity (Wildman–Crippen MR) is 88.0 cm³/mol. The average molecular weight is 329 g/mol. The molecule has 0 radical (unpaired) electrons. The normalized spacial score (nSPS) is 17.9. The third-order valence-corrected chi connectivity index (χ3v) is 4.48. The standard InChI is InChI=1S/C17H19N3O4/c1-11-6-4-5-9-19(11)14(21)10-20-16(22)13-8-3-2-7-12(13)15(18-20)17(23)24/h2-3,7-8,11H,4-6,9-10H2,1H3,(H,23,24)/t11-/m1/s1. The Morgan fingerprint density at radius 1 is 1.25 bits per heavy atom. The van der Waals surface area contributed by atoms with Gasteiger partial charge in [0.15, 0.2) is 5.69 Å². The van der Waals surface area contributed by atoms with Crippen LogP contribution in [0.5, 0.6) is 0 Å². The van der Waals surface area contributed by atoms with Crippen LogP contribution in [0, 0.1) is 0 Å². The van der Waals surface area contributed by atoms with Crippen molar-refractivity contribution < 1.29 is 14.7 Å². The molecule has 1 saturated heterocycles. The molecule has 1 amide bonds. The van der Waals surface area contributed by atoms with Crippen LogP contribution in [0.3, 0.4) is 0 Å². The molecule has 3 rings (SSSR count). The summed E-state index contributed by atoms with van der Waals surface area (Å²) in [6.07, 6.45) is 2.96. The molecular weight excluding hydrogens is 310 g/mol. The first-order valence-corrected chi connectivity index (χ1v) is 8.01. The Labute approximate surface area is 138 Å². The highest BCUT2D eigenvalue weighted by atomic mass is 16.4. The van der Waals surface area contributed by atoms with E-state index in [4.69, 9.17) is 0 Å². The number of carbonyl (C=O) groups is 2. The average Bonchev–Trinajstić information content (AvgIpc) is 2.57. The van der Waals surface area contributed by atoms with Crippen molar-refractivity contribution in [1.82, 2.24) is 14.7 Å². The molecule has 0 unspecified atom stereocenters. The summed E-state index contributed by atoms with van der Waals surface area (Å²) in [4.78, 5) is 38.3. The third-order valence-electron chi connectivity index (χ3n) is 4.48. The number of carbonyl (C=O) groups excluding carboxylic acids is 1. The summed E-state index contributed by atoms with van der Waals surface area (Å²) in [7, 11) is 0. The van der Waals surface area contributed by atoms with Crippen molar-refractivity contribution in [3.63, 3.8) is 0 Å². The van der Waals surface area contributed by atoms with Crippen LogP contribution in [-0.2, 0) is 11.3 Å². The van der Waals surface area contributed by atoms with E-state index in [1.165, 1.54) is 0 Å². The lowest BCUT2D eigenvalue weighted by atomic mass is 10.0. The van der Waals surface area contributed by atoms with Crippen molar-refractivity contribution in [1.29, 1.82) is 0 Å². The second kappa shape index (κ2) is 6.43. The number of hydrogen-bond donors (Lipinski definition) is 1. The largest absolute Gasteiger partial charge is 0.476 e. The number of amides is 1. The van der Waals surface area contributed by atoms with Gasteiger partial charge < -0.3 is 10.0 Å². The minimum atomic E-state index is -1.22. The van der Waals surface area contributed by atoms with Crippen LogP contribution in [0.25, 0.3) is 10.8 Å². The van der Waals surface area contributed by atoms with E-state index in [1.807, 2.05) is 6.92 Å². The Kier molecular flexibility index (Phi) is 4.33. The zero-order valence-electron chi connectivity index (χ0n) is 13.4. The van der Waals surface area contributed by atoms with Crippen LogP contribution in [0.1, 0.15) is 36.7 Å². The topological polar surface area (TPSA) is 92.5 Å². The minimum absolute atomic E-state index is 0.126. The van der Waals surface area contributed by atoms with Crippen LogP contribution in [0.15, 0.2) is 29.1 Å². The summed E-state index contributed by atoms with van der Waals surface area (Å²) in [5, 5.41) is 13.8. The van der Waals surface area contributed by atoms with Crippen LogP contribution in [0.2, 0.25) is 0 Å². The highest BCUT2D eigenvalue weighted by molar-refractivity contribution is 6.01. The van der Waals surface area contributed by atoms with Gasteiger partial charge in [0.2, 0.25) is 5.91 Å². The monoisotopic (exact) mass is 329 g/mol. The van der Waals surface area contributed by atoms with E-state index in [0.29, 0.717) is 6.54 Å². The van der Waals surface area contributed by atoms with Gasteiger partial charge in [-0.15, -0.1) is 0 Å². The lowest BCUT2D eigenvalue weighted by molar-refractivity contribution is -0.135. The van der Waals surface area contributed by atoms with E-state index in [-0.39, 0.29) is 35.0 Å². The number of aromatic carboxylic acids is 1. The quantitative estimate of drug-likeness (QED) is 0.921. The summed E-state index contributed by atoms with van der Waals surface area (Å²) >= 11 is 0. The predicted octanol–water partition coefficient (Wildman–Crippen LogP) is 1.50. The van der Waals surface area contributed by atoms with Gasteiger partial charge in [-0.05, 0) is 32.3 Å². The second-order valence-electron chi connectivity index (χ2n) is 6.09. The molecular formula is C17H19N3O4. The number of hydrogen-bond acceptors (Lipinski definition) is 4. The van der Waals surface area contributed by atoms with Crippen molar-refractivity contribution in [2.24, 2.45) is 0 Å². The lowest BCUT2D eigenvalue weighted by Gasteiger charge is -2.33. The fourth-order valence-corrected chi connectivity index (χ4v) is 3.19. The smallest absolute Gasteiger partial charge is 0.357 e. The number of aromatic nitrogens is 2. The number of carboxylic acid groups (broad SMARTS) is 1. The van der Waals surface area contributed by atoms with E-state index < -0.39 is 11.5 Å². The van der Waals surface area contributed by atoms with Gasteiger partial charge in [-0.1, -0.05) is 18.2 Å². The number of piperidine rings is 1. The van der Waals surface area contributed by atoms with E-state index >= 15 is 0 Å². The van der Waals surface area contributed by atoms with E-state index in [2.05, 4.69) is 5.10 Å². The number of benzene rings is 1. The molecule has 1 N–H and O–H groups in total. The molecule has 1 aliphatic heterocycles. The van der Waals surface area contributed by atoms with Gasteiger partial charge in [0.25, 0.3) is 5.56 Å². The molecule has 7 nitrogen and oxygen atoms in total. The SMILES string of the molecule is C[C@@H]1CCCCN1C(=O)Cn1nc(C(=O)O)c2ccccc2c1=O. The molecule has 1 fully saturated rings. The van der Waals surface area contributed by atoms with Crippen molar-refractivity contribution >= 4 is 22.6 Å². The molecule has 2 aromatic rings. The Hall–Kier alpha value is -2.70. The van der Waals surface area contributed by atoms with Gasteiger partial charge in [-0.3, -0.25) is 9.59 Å². The Bertz CT molecular complexity index is 859. The molecule has 1 aromatic carbocycles. The summed E-state index contributed by atoms with van der Waals surface area (Å²) in [5.41, 5.74) is -0.668. The first-order valence-electron chi connectivity index (χ1n) is 8.01. The van der Waals surface area contributed by atoms with Crippen LogP contribution >= 0.6 is 0 Å². The van der Waals surface area contributed by atoms with Crippen molar-refractivity contribution in [2.75, 3.05) is 6.54 Å². The molecule has 126 valence electrons. The van der Waals surface area contributed by atoms with E-state index in [9.17, 15) is 19.5 Å². The van der Waals surface area contributed by atoms with Gasteiger partial charge in [-0.25, -0.2) is 9.48 Å². The maximum absolute atomic E-state index is 12.5. The number of carboxylic acids is 1. The van der Waals surface area contributed by atoms with Crippen molar-refractivity contribution in [3.8, 4) is 0 Å². The highest BCUT2D eigenvalue weighted by Gasteiger charge is 2.24. The zero-order chi connectivity index (χ0) is 17.3. The zero-order valence-corrected chi connectivity index (χ0v) is 13.4. The molecule has 0 aliphatic carbocycles. The Morgan fingerprint density at radius 2 is 1.96 bits per heavy atom.